The quantitative estimate of drug-likeness (QED) is 0.767. The Morgan fingerprint density at radius 3 is 2.83 bits per heavy atom. The number of anilines is 1. The first-order chi connectivity index (χ1) is 11.0. The average molecular weight is 328 g/mol. The molecule has 3 aromatic heterocycles. The van der Waals surface area contributed by atoms with Crippen molar-refractivity contribution in [3.63, 3.8) is 0 Å². The van der Waals surface area contributed by atoms with Crippen molar-refractivity contribution in [2.45, 2.75) is 26.7 Å². The Morgan fingerprint density at radius 1 is 1.35 bits per heavy atom. The van der Waals surface area contributed by atoms with Crippen LogP contribution in [-0.2, 0) is 0 Å². The third-order valence-corrected chi connectivity index (χ3v) is 4.39. The fraction of sp³-hybridized carbons (Fsp3) is 0.267. The van der Waals surface area contributed by atoms with Crippen LogP contribution >= 0.6 is 11.3 Å². The number of aromatic nitrogens is 5. The van der Waals surface area contributed by atoms with Gasteiger partial charge in [0, 0.05) is 17.7 Å². The minimum absolute atomic E-state index is 0.217. The van der Waals surface area contributed by atoms with Crippen LogP contribution in [0.15, 0.2) is 24.5 Å². The van der Waals surface area contributed by atoms with Crippen LogP contribution < -0.4 is 5.32 Å². The molecular formula is C15H16N6OS. The van der Waals surface area contributed by atoms with Crippen LogP contribution in [0.5, 0.6) is 0 Å². The second-order valence-electron chi connectivity index (χ2n) is 5.35. The van der Waals surface area contributed by atoms with Gasteiger partial charge >= 0.3 is 0 Å². The molecule has 0 bridgehead atoms. The van der Waals surface area contributed by atoms with Crippen molar-refractivity contribution in [2.24, 2.45) is 0 Å². The van der Waals surface area contributed by atoms with Crippen molar-refractivity contribution >= 4 is 23.1 Å². The average Bonchev–Trinajstić information content (AvgIpc) is 3.16. The normalized spacial score (nSPS) is 11.0. The summed E-state index contributed by atoms with van der Waals surface area (Å²) in [4.78, 5) is 25.5. The van der Waals surface area contributed by atoms with Crippen LogP contribution in [-0.4, -0.2) is 31.1 Å². The SMILES string of the molecule is Cc1nc(-c2ccnc(NC(=O)c3cnc(C(C)C)s3)c2)n[nH]1. The van der Waals surface area contributed by atoms with Crippen LogP contribution in [0.3, 0.4) is 0 Å². The fourth-order valence-electron chi connectivity index (χ4n) is 1.95. The number of nitrogens with zero attached hydrogens (tertiary/aromatic N) is 4. The molecule has 0 radical (unpaired) electrons. The number of aromatic amines is 1. The van der Waals surface area contributed by atoms with E-state index in [0.29, 0.717) is 22.4 Å². The molecule has 0 saturated carbocycles. The van der Waals surface area contributed by atoms with E-state index in [0.717, 1.165) is 16.4 Å². The summed E-state index contributed by atoms with van der Waals surface area (Å²) in [5, 5.41) is 10.6. The van der Waals surface area contributed by atoms with Crippen molar-refractivity contribution < 1.29 is 4.79 Å². The summed E-state index contributed by atoms with van der Waals surface area (Å²) in [7, 11) is 0. The summed E-state index contributed by atoms with van der Waals surface area (Å²) >= 11 is 1.39. The molecule has 3 heterocycles. The van der Waals surface area contributed by atoms with Crippen molar-refractivity contribution in [1.29, 1.82) is 0 Å². The van der Waals surface area contributed by atoms with Gasteiger partial charge in [-0.2, -0.15) is 5.10 Å². The van der Waals surface area contributed by atoms with Gasteiger partial charge in [-0.1, -0.05) is 13.8 Å². The van der Waals surface area contributed by atoms with Gasteiger partial charge in [0.2, 0.25) is 0 Å². The lowest BCUT2D eigenvalue weighted by Gasteiger charge is -2.03. The zero-order valence-electron chi connectivity index (χ0n) is 13.0. The number of carbonyl (C=O) groups excluding carboxylic acids is 1. The van der Waals surface area contributed by atoms with Gasteiger partial charge in [-0.05, 0) is 19.1 Å². The zero-order valence-corrected chi connectivity index (χ0v) is 13.8. The van der Waals surface area contributed by atoms with Crippen molar-refractivity contribution in [2.75, 3.05) is 5.32 Å². The number of amides is 1. The van der Waals surface area contributed by atoms with Gasteiger partial charge in [-0.25, -0.2) is 15.0 Å². The molecule has 1 amide bonds. The molecule has 0 spiro atoms. The van der Waals surface area contributed by atoms with Crippen LogP contribution in [0, 0.1) is 6.92 Å². The number of nitrogens with one attached hydrogen (secondary N) is 2. The minimum Gasteiger partial charge on any atom is -0.306 e. The topological polar surface area (TPSA) is 96.5 Å². The van der Waals surface area contributed by atoms with Gasteiger partial charge < -0.3 is 5.32 Å². The second-order valence-corrected chi connectivity index (χ2v) is 6.41. The first kappa shape index (κ1) is 15.3. The minimum atomic E-state index is -0.217. The number of rotatable bonds is 4. The van der Waals surface area contributed by atoms with Gasteiger partial charge in [-0.3, -0.25) is 9.89 Å². The van der Waals surface area contributed by atoms with Crippen LogP contribution in [0.4, 0.5) is 5.82 Å². The lowest BCUT2D eigenvalue weighted by molar-refractivity contribution is 0.103. The number of hydrogen-bond acceptors (Lipinski definition) is 6. The Labute approximate surface area is 137 Å². The van der Waals surface area contributed by atoms with Crippen molar-refractivity contribution in [1.82, 2.24) is 25.1 Å². The van der Waals surface area contributed by atoms with E-state index >= 15 is 0 Å². The van der Waals surface area contributed by atoms with E-state index in [1.165, 1.54) is 11.3 Å². The molecular weight excluding hydrogens is 312 g/mol. The molecule has 8 heteroatoms. The summed E-state index contributed by atoms with van der Waals surface area (Å²) in [6, 6.07) is 3.53. The highest BCUT2D eigenvalue weighted by molar-refractivity contribution is 7.13. The predicted octanol–water partition coefficient (Wildman–Crippen LogP) is 3.01. The maximum absolute atomic E-state index is 12.3. The zero-order chi connectivity index (χ0) is 16.4. The molecule has 23 heavy (non-hydrogen) atoms. The molecule has 3 rings (SSSR count). The van der Waals surface area contributed by atoms with Gasteiger partial charge in [-0.15, -0.1) is 11.3 Å². The number of carbonyl (C=O) groups is 1. The van der Waals surface area contributed by atoms with E-state index in [9.17, 15) is 4.79 Å². The molecule has 118 valence electrons. The number of H-pyrrole nitrogens is 1. The molecule has 0 saturated heterocycles. The summed E-state index contributed by atoms with van der Waals surface area (Å²) in [5.41, 5.74) is 0.784. The molecule has 3 aromatic rings. The van der Waals surface area contributed by atoms with Gasteiger partial charge in [0.15, 0.2) is 5.82 Å². The van der Waals surface area contributed by atoms with Gasteiger partial charge in [0.1, 0.15) is 16.5 Å². The van der Waals surface area contributed by atoms with Crippen LogP contribution in [0.1, 0.15) is 40.3 Å². The number of aryl methyl sites for hydroxylation is 1. The first-order valence-electron chi connectivity index (χ1n) is 7.15. The summed E-state index contributed by atoms with van der Waals surface area (Å²) < 4.78 is 0. The van der Waals surface area contributed by atoms with Crippen molar-refractivity contribution in [3.8, 4) is 11.4 Å². The number of pyridine rings is 1. The largest absolute Gasteiger partial charge is 0.306 e. The number of thiazole rings is 1. The summed E-state index contributed by atoms with van der Waals surface area (Å²) in [6.07, 6.45) is 3.21. The highest BCUT2D eigenvalue weighted by Gasteiger charge is 2.14. The van der Waals surface area contributed by atoms with Crippen LogP contribution in [0.2, 0.25) is 0 Å². The molecule has 0 unspecified atom stereocenters. The monoisotopic (exact) mass is 328 g/mol. The predicted molar refractivity (Wildman–Crippen MR) is 88.5 cm³/mol. The van der Waals surface area contributed by atoms with E-state index in [2.05, 4.69) is 30.5 Å². The number of hydrogen-bond donors (Lipinski definition) is 2. The Bertz CT molecular complexity index is 838. The van der Waals surface area contributed by atoms with Crippen LogP contribution in [0.25, 0.3) is 11.4 Å². The van der Waals surface area contributed by atoms with E-state index in [4.69, 9.17) is 0 Å². The fourth-order valence-corrected chi connectivity index (χ4v) is 2.76. The third kappa shape index (κ3) is 3.42. The molecule has 0 atom stereocenters. The summed E-state index contributed by atoms with van der Waals surface area (Å²) in [5.74, 6) is 1.84. The van der Waals surface area contributed by atoms with Crippen molar-refractivity contribution in [3.05, 3.63) is 40.2 Å². The first-order valence-corrected chi connectivity index (χ1v) is 7.97. The highest BCUT2D eigenvalue weighted by Crippen LogP contribution is 2.22. The Kier molecular flexibility index (Phi) is 4.16. The van der Waals surface area contributed by atoms with E-state index in [1.807, 2.05) is 20.8 Å². The Balaban J connectivity index is 1.78. The van der Waals surface area contributed by atoms with Gasteiger partial charge in [0.25, 0.3) is 5.91 Å². The lowest BCUT2D eigenvalue weighted by Crippen LogP contribution is -2.11. The maximum atomic E-state index is 12.3. The third-order valence-electron chi connectivity index (χ3n) is 3.10. The van der Waals surface area contributed by atoms with Gasteiger partial charge in [0.05, 0.1) is 11.2 Å². The smallest absolute Gasteiger partial charge is 0.268 e. The lowest BCUT2D eigenvalue weighted by atomic mass is 10.2. The highest BCUT2D eigenvalue weighted by atomic mass is 32.1. The standard InChI is InChI=1S/C15H16N6OS/c1-8(2)15-17-7-11(23-15)14(22)19-12-6-10(4-5-16-12)13-18-9(3)20-21-13/h4-8H,1-3H3,(H,16,19,22)(H,18,20,21). The summed E-state index contributed by atoms with van der Waals surface area (Å²) in [6.45, 7) is 5.92. The molecule has 0 aliphatic carbocycles. The Hall–Kier alpha value is -2.61. The molecule has 0 fully saturated rings. The van der Waals surface area contributed by atoms with E-state index in [1.54, 1.807) is 24.5 Å². The molecule has 0 aliphatic heterocycles. The molecule has 2 N–H and O–H groups in total. The van der Waals surface area contributed by atoms with E-state index < -0.39 is 0 Å². The second kappa shape index (κ2) is 6.25. The molecule has 7 nitrogen and oxygen atoms in total. The van der Waals surface area contributed by atoms with E-state index in [-0.39, 0.29) is 5.91 Å². The Morgan fingerprint density at radius 2 is 2.17 bits per heavy atom. The maximum Gasteiger partial charge on any atom is 0.268 e. The molecule has 0 aromatic carbocycles. The molecule has 0 aliphatic rings.